The summed E-state index contributed by atoms with van der Waals surface area (Å²) in [5, 5.41) is 2.55. The number of benzene rings is 1. The average molecular weight is 290 g/mol. The van der Waals surface area contributed by atoms with Gasteiger partial charge in [-0.3, -0.25) is 4.79 Å². The maximum absolute atomic E-state index is 11.9. The molecule has 1 aromatic rings. The number of halogens is 3. The highest BCUT2D eigenvalue weighted by atomic mass is 19.4. The van der Waals surface area contributed by atoms with Crippen molar-refractivity contribution in [2.24, 2.45) is 0 Å². The molecule has 1 aromatic carbocycles. The van der Waals surface area contributed by atoms with E-state index in [2.05, 4.69) is 5.32 Å². The molecule has 0 aromatic heterocycles. The van der Waals surface area contributed by atoms with Crippen molar-refractivity contribution in [2.45, 2.75) is 25.4 Å². The first-order valence-corrected chi connectivity index (χ1v) is 6.12. The molecule has 0 saturated heterocycles. The molecule has 0 saturated carbocycles. The number of methoxy groups -OCH3 is 1. The lowest BCUT2D eigenvalue weighted by Gasteiger charge is -2.09. The highest BCUT2D eigenvalue weighted by molar-refractivity contribution is 5.95. The minimum Gasteiger partial charge on any atom is -0.495 e. The topological polar surface area (TPSA) is 64.3 Å². The van der Waals surface area contributed by atoms with Crippen molar-refractivity contribution in [3.8, 4) is 5.75 Å². The molecule has 7 heteroatoms. The second kappa shape index (κ2) is 7.02. The van der Waals surface area contributed by atoms with Crippen molar-refractivity contribution < 1.29 is 22.7 Å². The summed E-state index contributed by atoms with van der Waals surface area (Å²) in [6.45, 7) is 0.195. The van der Waals surface area contributed by atoms with E-state index in [9.17, 15) is 18.0 Å². The predicted molar refractivity (Wildman–Crippen MR) is 69.6 cm³/mol. The number of nitrogen functional groups attached to an aromatic ring is 1. The minimum atomic E-state index is -4.14. The SMILES string of the molecule is COc1ccc(C(=O)NCCCCC(F)(F)F)cc1N. The summed E-state index contributed by atoms with van der Waals surface area (Å²) in [6.07, 6.45) is -4.71. The van der Waals surface area contributed by atoms with Crippen LogP contribution in [-0.2, 0) is 0 Å². The van der Waals surface area contributed by atoms with Crippen LogP contribution in [0.25, 0.3) is 0 Å². The molecule has 4 nitrogen and oxygen atoms in total. The minimum absolute atomic E-state index is 0.00543. The Kier molecular flexibility index (Phi) is 5.66. The van der Waals surface area contributed by atoms with Crippen molar-refractivity contribution in [3.05, 3.63) is 23.8 Å². The summed E-state index contributed by atoms with van der Waals surface area (Å²) in [6, 6.07) is 4.57. The lowest BCUT2D eigenvalue weighted by molar-refractivity contribution is -0.135. The van der Waals surface area contributed by atoms with Gasteiger partial charge in [0.2, 0.25) is 0 Å². The van der Waals surface area contributed by atoms with Crippen molar-refractivity contribution in [1.29, 1.82) is 0 Å². The Bertz CT molecular complexity index is 461. The van der Waals surface area contributed by atoms with E-state index in [-0.39, 0.29) is 25.3 Å². The van der Waals surface area contributed by atoms with Crippen LogP contribution in [0.15, 0.2) is 18.2 Å². The number of ether oxygens (including phenoxy) is 1. The fourth-order valence-electron chi connectivity index (χ4n) is 1.63. The molecule has 0 aliphatic heterocycles. The van der Waals surface area contributed by atoms with Gasteiger partial charge in [-0.1, -0.05) is 0 Å². The first-order chi connectivity index (χ1) is 9.33. The highest BCUT2D eigenvalue weighted by Crippen LogP contribution is 2.22. The molecule has 0 heterocycles. The van der Waals surface area contributed by atoms with Crippen LogP contribution >= 0.6 is 0 Å². The van der Waals surface area contributed by atoms with Crippen LogP contribution in [0.5, 0.6) is 5.75 Å². The average Bonchev–Trinajstić information content (AvgIpc) is 2.36. The number of rotatable bonds is 6. The van der Waals surface area contributed by atoms with Gasteiger partial charge in [0.25, 0.3) is 5.91 Å². The molecule has 112 valence electrons. The number of amides is 1. The van der Waals surface area contributed by atoms with Gasteiger partial charge in [0.05, 0.1) is 12.8 Å². The number of carbonyl (C=O) groups is 1. The lowest BCUT2D eigenvalue weighted by atomic mass is 10.1. The van der Waals surface area contributed by atoms with Gasteiger partial charge in [-0.2, -0.15) is 13.2 Å². The Morgan fingerprint density at radius 2 is 2.05 bits per heavy atom. The maximum Gasteiger partial charge on any atom is 0.389 e. The van der Waals surface area contributed by atoms with Crippen LogP contribution in [0.3, 0.4) is 0 Å². The summed E-state index contributed by atoms with van der Waals surface area (Å²) >= 11 is 0. The van der Waals surface area contributed by atoms with Crippen LogP contribution in [0, 0.1) is 0 Å². The van der Waals surface area contributed by atoms with Crippen LogP contribution < -0.4 is 15.8 Å². The quantitative estimate of drug-likeness (QED) is 0.625. The van der Waals surface area contributed by atoms with Crippen molar-refractivity contribution in [3.63, 3.8) is 0 Å². The highest BCUT2D eigenvalue weighted by Gasteiger charge is 2.25. The van der Waals surface area contributed by atoms with Crippen molar-refractivity contribution in [2.75, 3.05) is 19.4 Å². The van der Waals surface area contributed by atoms with E-state index in [1.165, 1.54) is 13.2 Å². The molecule has 0 radical (unpaired) electrons. The Morgan fingerprint density at radius 1 is 1.35 bits per heavy atom. The standard InChI is InChI=1S/C13H17F3N2O2/c1-20-11-5-4-9(8-10(11)17)12(19)18-7-3-2-6-13(14,15)16/h4-5,8H,2-3,6-7,17H2,1H3,(H,18,19). The number of alkyl halides is 3. The Balaban J connectivity index is 2.38. The molecule has 0 atom stereocenters. The summed E-state index contributed by atoms with van der Waals surface area (Å²) in [5.74, 6) is 0.0955. The van der Waals surface area contributed by atoms with Gasteiger partial charge in [-0.25, -0.2) is 0 Å². The maximum atomic E-state index is 11.9. The van der Waals surface area contributed by atoms with Gasteiger partial charge in [0.15, 0.2) is 0 Å². The Morgan fingerprint density at radius 3 is 2.60 bits per heavy atom. The first-order valence-electron chi connectivity index (χ1n) is 6.12. The zero-order valence-corrected chi connectivity index (χ0v) is 11.1. The molecule has 0 aliphatic carbocycles. The van der Waals surface area contributed by atoms with Crippen LogP contribution in [0.4, 0.5) is 18.9 Å². The summed E-state index contributed by atoms with van der Waals surface area (Å²) in [5.41, 5.74) is 6.34. The fourth-order valence-corrected chi connectivity index (χ4v) is 1.63. The van der Waals surface area contributed by atoms with E-state index in [1.807, 2.05) is 0 Å². The number of unbranched alkanes of at least 4 members (excludes halogenated alkanes) is 1. The molecule has 3 N–H and O–H groups in total. The molecule has 1 amide bonds. The van der Waals surface area contributed by atoms with E-state index in [4.69, 9.17) is 10.5 Å². The number of anilines is 1. The van der Waals surface area contributed by atoms with E-state index >= 15 is 0 Å². The van der Waals surface area contributed by atoms with Gasteiger partial charge >= 0.3 is 6.18 Å². The molecule has 0 unspecified atom stereocenters. The summed E-state index contributed by atoms with van der Waals surface area (Å²) in [7, 11) is 1.46. The van der Waals surface area contributed by atoms with Crippen LogP contribution in [-0.4, -0.2) is 25.7 Å². The van der Waals surface area contributed by atoms with Crippen molar-refractivity contribution in [1.82, 2.24) is 5.32 Å². The molecular weight excluding hydrogens is 273 g/mol. The first kappa shape index (κ1) is 16.1. The normalized spacial score (nSPS) is 11.2. The predicted octanol–water partition coefficient (Wildman–Crippen LogP) is 2.74. The zero-order chi connectivity index (χ0) is 15.2. The second-order valence-corrected chi connectivity index (χ2v) is 4.28. The molecule has 0 bridgehead atoms. The van der Waals surface area contributed by atoms with Gasteiger partial charge in [0.1, 0.15) is 5.75 Å². The molecular formula is C13H17F3N2O2. The third kappa shape index (κ3) is 5.38. The number of nitrogens with one attached hydrogen (secondary N) is 1. The van der Waals surface area contributed by atoms with Gasteiger partial charge < -0.3 is 15.8 Å². The van der Waals surface area contributed by atoms with Gasteiger partial charge in [-0.15, -0.1) is 0 Å². The summed E-state index contributed by atoms with van der Waals surface area (Å²) < 4.78 is 40.7. The Labute approximate surface area is 115 Å². The Hall–Kier alpha value is -1.92. The zero-order valence-electron chi connectivity index (χ0n) is 11.1. The number of nitrogens with two attached hydrogens (primary N) is 1. The van der Waals surface area contributed by atoms with E-state index in [0.29, 0.717) is 17.0 Å². The smallest absolute Gasteiger partial charge is 0.389 e. The molecule has 20 heavy (non-hydrogen) atoms. The third-order valence-corrected chi connectivity index (χ3v) is 2.66. The monoisotopic (exact) mass is 290 g/mol. The summed E-state index contributed by atoms with van der Waals surface area (Å²) in [4.78, 5) is 11.7. The third-order valence-electron chi connectivity index (χ3n) is 2.66. The van der Waals surface area contributed by atoms with E-state index < -0.39 is 12.6 Å². The van der Waals surface area contributed by atoms with E-state index in [1.54, 1.807) is 12.1 Å². The van der Waals surface area contributed by atoms with E-state index in [0.717, 1.165) is 0 Å². The van der Waals surface area contributed by atoms with Crippen molar-refractivity contribution >= 4 is 11.6 Å². The van der Waals surface area contributed by atoms with Gasteiger partial charge in [0, 0.05) is 18.5 Å². The fraction of sp³-hybridized carbons (Fsp3) is 0.462. The number of carbonyl (C=O) groups excluding carboxylic acids is 1. The second-order valence-electron chi connectivity index (χ2n) is 4.28. The molecule has 0 aliphatic rings. The number of hydrogen-bond acceptors (Lipinski definition) is 3. The molecule has 1 rings (SSSR count). The lowest BCUT2D eigenvalue weighted by Crippen LogP contribution is -2.24. The van der Waals surface area contributed by atoms with Gasteiger partial charge in [-0.05, 0) is 31.0 Å². The van der Waals surface area contributed by atoms with Crippen LogP contribution in [0.1, 0.15) is 29.6 Å². The number of hydrogen-bond donors (Lipinski definition) is 2. The van der Waals surface area contributed by atoms with Crippen LogP contribution in [0.2, 0.25) is 0 Å². The largest absolute Gasteiger partial charge is 0.495 e. The molecule has 0 spiro atoms. The molecule has 0 fully saturated rings.